The van der Waals surface area contributed by atoms with Crippen LogP contribution in [0.4, 0.5) is 0 Å². The number of carbonyl (C=O) groups is 3. The van der Waals surface area contributed by atoms with Crippen molar-refractivity contribution in [2.24, 2.45) is 11.7 Å². The van der Waals surface area contributed by atoms with Crippen LogP contribution in [0.5, 0.6) is 5.75 Å². The van der Waals surface area contributed by atoms with Gasteiger partial charge in [-0.2, -0.15) is 0 Å². The van der Waals surface area contributed by atoms with Crippen molar-refractivity contribution in [3.05, 3.63) is 29.8 Å². The summed E-state index contributed by atoms with van der Waals surface area (Å²) in [6.45, 7) is 4.51. The van der Waals surface area contributed by atoms with Gasteiger partial charge >= 0.3 is 0 Å². The molecule has 2 rings (SSSR count). The maximum Gasteiger partial charge on any atom is 0.246 e. The molecule has 3 amide bonds. The lowest BCUT2D eigenvalue weighted by Gasteiger charge is -2.40. The standard InChI is InChI=1S/C21H31N3O4/c1-4-14(2)19(24-12-6-5-7-18(24)26)21(28)23(3)17(20(22)27)13-15-8-10-16(25)11-9-15/h8-11,14,17,19,25H,4-7,12-13H2,1-3H3,(H2,22,27)/t14-,17?,19-/m0/s1. The van der Waals surface area contributed by atoms with Gasteiger partial charge in [-0.05, 0) is 36.5 Å². The van der Waals surface area contributed by atoms with Crippen molar-refractivity contribution in [1.82, 2.24) is 9.80 Å². The number of carbonyl (C=O) groups excluding carboxylic acids is 3. The Morgan fingerprint density at radius 1 is 1.25 bits per heavy atom. The molecule has 0 aliphatic carbocycles. The molecule has 1 aromatic rings. The smallest absolute Gasteiger partial charge is 0.246 e. The van der Waals surface area contributed by atoms with Gasteiger partial charge in [-0.3, -0.25) is 14.4 Å². The van der Waals surface area contributed by atoms with E-state index in [-0.39, 0.29) is 29.9 Å². The number of phenols is 1. The summed E-state index contributed by atoms with van der Waals surface area (Å²) in [5.41, 5.74) is 6.39. The van der Waals surface area contributed by atoms with E-state index in [1.165, 1.54) is 17.0 Å². The Labute approximate surface area is 166 Å². The first-order valence-corrected chi connectivity index (χ1v) is 9.89. The molecule has 28 heavy (non-hydrogen) atoms. The van der Waals surface area contributed by atoms with Crippen LogP contribution in [-0.2, 0) is 20.8 Å². The van der Waals surface area contributed by atoms with Crippen LogP contribution >= 0.6 is 0 Å². The second-order valence-electron chi connectivity index (χ2n) is 7.61. The number of nitrogens with two attached hydrogens (primary N) is 1. The number of rotatable bonds is 8. The molecule has 1 aromatic carbocycles. The number of aromatic hydroxyl groups is 1. The molecule has 7 heteroatoms. The van der Waals surface area contributed by atoms with E-state index < -0.39 is 18.0 Å². The van der Waals surface area contributed by atoms with Gasteiger partial charge in [0.25, 0.3) is 0 Å². The average Bonchev–Trinajstić information content (AvgIpc) is 2.68. The molecule has 1 saturated heterocycles. The maximum absolute atomic E-state index is 13.4. The third-order valence-electron chi connectivity index (χ3n) is 5.64. The van der Waals surface area contributed by atoms with E-state index in [0.29, 0.717) is 13.0 Å². The summed E-state index contributed by atoms with van der Waals surface area (Å²) < 4.78 is 0. The highest BCUT2D eigenvalue weighted by Gasteiger charge is 2.38. The molecule has 3 N–H and O–H groups in total. The van der Waals surface area contributed by atoms with Gasteiger partial charge in [0, 0.05) is 26.4 Å². The minimum Gasteiger partial charge on any atom is -0.508 e. The first-order valence-electron chi connectivity index (χ1n) is 9.89. The minimum absolute atomic E-state index is 0.00698. The van der Waals surface area contributed by atoms with Crippen molar-refractivity contribution in [1.29, 1.82) is 0 Å². The number of benzene rings is 1. The Morgan fingerprint density at radius 3 is 2.43 bits per heavy atom. The Bertz CT molecular complexity index is 704. The van der Waals surface area contributed by atoms with Crippen molar-refractivity contribution < 1.29 is 19.5 Å². The van der Waals surface area contributed by atoms with Gasteiger partial charge in [-0.1, -0.05) is 32.4 Å². The van der Waals surface area contributed by atoms with E-state index in [4.69, 9.17) is 5.73 Å². The van der Waals surface area contributed by atoms with Crippen molar-refractivity contribution in [3.8, 4) is 5.75 Å². The van der Waals surface area contributed by atoms with E-state index in [0.717, 1.165) is 24.8 Å². The van der Waals surface area contributed by atoms with E-state index in [1.54, 1.807) is 24.1 Å². The predicted octanol–water partition coefficient (Wildman–Crippen LogP) is 1.67. The van der Waals surface area contributed by atoms with E-state index in [2.05, 4.69) is 0 Å². The van der Waals surface area contributed by atoms with Crippen molar-refractivity contribution >= 4 is 17.7 Å². The summed E-state index contributed by atoms with van der Waals surface area (Å²) in [5, 5.41) is 9.43. The molecule has 154 valence electrons. The highest BCUT2D eigenvalue weighted by Crippen LogP contribution is 2.24. The molecule has 1 fully saturated rings. The number of likely N-dealkylation sites (N-methyl/N-ethyl adjacent to an activating group) is 1. The SMILES string of the molecule is CC[C@H](C)[C@@H](C(=O)N(C)C(Cc1ccc(O)cc1)C(N)=O)N1CCCCC1=O. The molecule has 0 saturated carbocycles. The van der Waals surface area contributed by atoms with E-state index >= 15 is 0 Å². The number of primary amides is 1. The first kappa shape index (κ1) is 21.7. The van der Waals surface area contributed by atoms with E-state index in [1.807, 2.05) is 13.8 Å². The number of amides is 3. The summed E-state index contributed by atoms with van der Waals surface area (Å²) in [7, 11) is 1.57. The lowest BCUT2D eigenvalue weighted by atomic mass is 9.93. The van der Waals surface area contributed by atoms with Gasteiger partial charge in [0.15, 0.2) is 0 Å². The van der Waals surface area contributed by atoms with Crippen molar-refractivity contribution in [2.75, 3.05) is 13.6 Å². The van der Waals surface area contributed by atoms with Crippen LogP contribution in [0.2, 0.25) is 0 Å². The molecule has 1 heterocycles. The van der Waals surface area contributed by atoms with Gasteiger partial charge in [-0.25, -0.2) is 0 Å². The Morgan fingerprint density at radius 2 is 1.89 bits per heavy atom. The molecule has 1 aliphatic heterocycles. The normalized spacial score (nSPS) is 17.7. The monoisotopic (exact) mass is 389 g/mol. The quantitative estimate of drug-likeness (QED) is 0.706. The van der Waals surface area contributed by atoms with Crippen molar-refractivity contribution in [2.45, 2.75) is 58.0 Å². The zero-order valence-electron chi connectivity index (χ0n) is 16.9. The van der Waals surface area contributed by atoms with Gasteiger partial charge in [-0.15, -0.1) is 0 Å². The number of hydrogen-bond donors (Lipinski definition) is 2. The highest BCUT2D eigenvalue weighted by molar-refractivity contribution is 5.92. The molecular weight excluding hydrogens is 358 g/mol. The molecule has 3 atom stereocenters. The average molecular weight is 389 g/mol. The summed E-state index contributed by atoms with van der Waals surface area (Å²) in [6, 6.07) is 5.04. The van der Waals surface area contributed by atoms with Crippen LogP contribution in [-0.4, -0.2) is 58.3 Å². The molecule has 1 aliphatic rings. The maximum atomic E-state index is 13.4. The third kappa shape index (κ3) is 5.03. The van der Waals surface area contributed by atoms with Gasteiger partial charge in [0.05, 0.1) is 0 Å². The number of piperidine rings is 1. The fourth-order valence-electron chi connectivity index (χ4n) is 3.67. The van der Waals surface area contributed by atoms with Crippen molar-refractivity contribution in [3.63, 3.8) is 0 Å². The second-order valence-corrected chi connectivity index (χ2v) is 7.61. The minimum atomic E-state index is -0.830. The number of phenolic OH excluding ortho intramolecular Hbond substituents is 1. The molecule has 0 bridgehead atoms. The zero-order chi connectivity index (χ0) is 20.8. The first-order chi connectivity index (χ1) is 13.3. The van der Waals surface area contributed by atoms with Crippen LogP contribution < -0.4 is 5.73 Å². The Kier molecular flexibility index (Phi) is 7.43. The summed E-state index contributed by atoms with van der Waals surface area (Å²) in [6.07, 6.45) is 3.17. The lowest BCUT2D eigenvalue weighted by molar-refractivity contribution is -0.151. The molecule has 0 aromatic heterocycles. The van der Waals surface area contributed by atoms with Gasteiger partial charge in [0.1, 0.15) is 17.8 Å². The Balaban J connectivity index is 2.25. The molecule has 7 nitrogen and oxygen atoms in total. The number of nitrogens with zero attached hydrogens (tertiary/aromatic N) is 2. The van der Waals surface area contributed by atoms with Gasteiger partial charge < -0.3 is 20.6 Å². The Hall–Kier alpha value is -2.57. The summed E-state index contributed by atoms with van der Waals surface area (Å²) in [5.74, 6) is -0.764. The summed E-state index contributed by atoms with van der Waals surface area (Å²) in [4.78, 5) is 41.0. The largest absolute Gasteiger partial charge is 0.508 e. The van der Waals surface area contributed by atoms with Crippen LogP contribution in [0.3, 0.4) is 0 Å². The van der Waals surface area contributed by atoms with Crippen LogP contribution in [0, 0.1) is 5.92 Å². The predicted molar refractivity (Wildman–Crippen MR) is 106 cm³/mol. The van der Waals surface area contributed by atoms with Crippen LogP contribution in [0.25, 0.3) is 0 Å². The molecule has 0 spiro atoms. The van der Waals surface area contributed by atoms with E-state index in [9.17, 15) is 19.5 Å². The summed E-state index contributed by atoms with van der Waals surface area (Å²) >= 11 is 0. The second kappa shape index (κ2) is 9.57. The number of likely N-dealkylation sites (tertiary alicyclic amines) is 1. The lowest BCUT2D eigenvalue weighted by Crippen LogP contribution is -2.58. The number of hydrogen-bond acceptors (Lipinski definition) is 4. The third-order valence-corrected chi connectivity index (χ3v) is 5.64. The fraction of sp³-hybridized carbons (Fsp3) is 0.571. The van der Waals surface area contributed by atoms with Gasteiger partial charge in [0.2, 0.25) is 17.7 Å². The zero-order valence-corrected chi connectivity index (χ0v) is 16.9. The van der Waals surface area contributed by atoms with Crippen LogP contribution in [0.1, 0.15) is 45.1 Å². The highest BCUT2D eigenvalue weighted by atomic mass is 16.3. The topological polar surface area (TPSA) is 104 Å². The van der Waals surface area contributed by atoms with Crippen LogP contribution in [0.15, 0.2) is 24.3 Å². The molecule has 0 radical (unpaired) electrons. The fourth-order valence-corrected chi connectivity index (χ4v) is 3.67. The molecular formula is C21H31N3O4. The molecule has 1 unspecified atom stereocenters.